The number of carbonyl (C=O) groups excluding carboxylic acids is 2. The molecule has 0 saturated carbocycles. The number of aromatic nitrogens is 1. The van der Waals surface area contributed by atoms with Crippen molar-refractivity contribution in [3.63, 3.8) is 0 Å². The van der Waals surface area contributed by atoms with Gasteiger partial charge in [0.15, 0.2) is 6.61 Å². The summed E-state index contributed by atoms with van der Waals surface area (Å²) in [5.41, 5.74) is 1.04. The van der Waals surface area contributed by atoms with Gasteiger partial charge in [0.2, 0.25) is 5.43 Å². The molecule has 0 spiro atoms. The number of benzene rings is 1. The van der Waals surface area contributed by atoms with E-state index < -0.39 is 17.9 Å². The second-order valence-corrected chi connectivity index (χ2v) is 7.47. The Morgan fingerprint density at radius 2 is 2.17 bits per heavy atom. The Morgan fingerprint density at radius 1 is 1.38 bits per heavy atom. The average Bonchev–Trinajstić information content (AvgIpc) is 3.12. The highest BCUT2D eigenvalue weighted by atomic mass is 32.1. The van der Waals surface area contributed by atoms with Crippen molar-refractivity contribution in [2.45, 2.75) is 32.7 Å². The van der Waals surface area contributed by atoms with Gasteiger partial charge in [0.05, 0.1) is 33.7 Å². The maximum atomic E-state index is 12.7. The smallest absolute Gasteiger partial charge is 0.258 e. The van der Waals surface area contributed by atoms with Crippen LogP contribution in [-0.4, -0.2) is 29.5 Å². The summed E-state index contributed by atoms with van der Waals surface area (Å²) in [6, 6.07) is 3.55. The number of carbonyl (C=O) groups is 2. The van der Waals surface area contributed by atoms with Gasteiger partial charge in [-0.1, -0.05) is 13.3 Å². The Morgan fingerprint density at radius 3 is 2.83 bits per heavy atom. The van der Waals surface area contributed by atoms with Crippen molar-refractivity contribution in [1.82, 2.24) is 10.3 Å². The molecule has 0 unspecified atom stereocenters. The monoisotopic (exact) mass is 415 g/mol. The molecule has 1 amide bonds. The maximum Gasteiger partial charge on any atom is 0.258 e. The van der Waals surface area contributed by atoms with Crippen molar-refractivity contribution in [3.05, 3.63) is 45.1 Å². The van der Waals surface area contributed by atoms with Crippen molar-refractivity contribution in [3.8, 4) is 17.0 Å². The van der Waals surface area contributed by atoms with Crippen LogP contribution in [0, 0.1) is 6.92 Å². The lowest BCUT2D eigenvalue weighted by Crippen LogP contribution is -2.49. The van der Waals surface area contributed by atoms with Gasteiger partial charge in [-0.25, -0.2) is 4.98 Å². The summed E-state index contributed by atoms with van der Waals surface area (Å²) in [7, 11) is 0. The third kappa shape index (κ3) is 4.80. The molecule has 0 aliphatic carbocycles. The van der Waals surface area contributed by atoms with Crippen molar-refractivity contribution >= 4 is 34.2 Å². The summed E-state index contributed by atoms with van der Waals surface area (Å²) >= 11 is 1.44. The van der Waals surface area contributed by atoms with Crippen molar-refractivity contribution in [2.24, 2.45) is 0 Å². The van der Waals surface area contributed by atoms with Gasteiger partial charge in [0.25, 0.3) is 5.91 Å². The molecule has 0 aliphatic rings. The molecule has 1 atom stereocenters. The molecule has 8 nitrogen and oxygen atoms in total. The predicted molar refractivity (Wildman–Crippen MR) is 106 cm³/mol. The first-order valence-corrected chi connectivity index (χ1v) is 9.88. The number of ether oxygens (including phenoxy) is 1. The first kappa shape index (κ1) is 20.5. The lowest BCUT2D eigenvalue weighted by Gasteiger charge is -2.19. The zero-order valence-electron chi connectivity index (χ0n) is 15.9. The molecule has 29 heavy (non-hydrogen) atoms. The van der Waals surface area contributed by atoms with E-state index in [1.54, 1.807) is 17.5 Å². The third-order valence-electron chi connectivity index (χ3n) is 4.21. The van der Waals surface area contributed by atoms with Gasteiger partial charge in [0, 0.05) is 11.4 Å². The molecule has 0 saturated heterocycles. The number of amides is 1. The molecule has 0 radical (unpaired) electrons. The SMILES string of the molecule is CCC[C@H](NC(=O)COc1ccc2c(=O)c(-c3csc(C)n3)coc2c1)C(=O)[O-]. The fraction of sp³-hybridized carbons (Fsp3) is 0.300. The Balaban J connectivity index is 1.72. The van der Waals surface area contributed by atoms with E-state index in [4.69, 9.17) is 9.15 Å². The summed E-state index contributed by atoms with van der Waals surface area (Å²) in [5.74, 6) is -1.60. The lowest BCUT2D eigenvalue weighted by molar-refractivity contribution is -0.308. The average molecular weight is 415 g/mol. The van der Waals surface area contributed by atoms with Crippen LogP contribution < -0.4 is 20.6 Å². The fourth-order valence-electron chi connectivity index (χ4n) is 2.78. The Bertz CT molecular complexity index is 1100. The van der Waals surface area contributed by atoms with Crippen molar-refractivity contribution in [1.29, 1.82) is 0 Å². The van der Waals surface area contributed by atoms with Crippen LogP contribution in [0.3, 0.4) is 0 Å². The predicted octanol–water partition coefficient (Wildman–Crippen LogP) is 1.64. The van der Waals surface area contributed by atoms with Crippen molar-refractivity contribution in [2.75, 3.05) is 6.61 Å². The lowest BCUT2D eigenvalue weighted by atomic mass is 10.1. The number of hydrogen-bond donors (Lipinski definition) is 1. The van der Waals surface area contributed by atoms with E-state index >= 15 is 0 Å². The summed E-state index contributed by atoms with van der Waals surface area (Å²) in [4.78, 5) is 39.9. The molecule has 0 fully saturated rings. The number of nitrogens with one attached hydrogen (secondary N) is 1. The Labute approximate surface area is 170 Å². The van der Waals surface area contributed by atoms with Crippen LogP contribution >= 0.6 is 11.3 Å². The van der Waals surface area contributed by atoms with Crippen LogP contribution in [0.1, 0.15) is 24.8 Å². The summed E-state index contributed by atoms with van der Waals surface area (Å²) in [5, 5.41) is 16.4. The van der Waals surface area contributed by atoms with Gasteiger partial charge < -0.3 is 24.4 Å². The second kappa shape index (κ2) is 8.87. The molecule has 2 aromatic heterocycles. The number of nitrogens with zero attached hydrogens (tertiary/aromatic N) is 1. The molecular weight excluding hydrogens is 396 g/mol. The number of fused-ring (bicyclic) bond motifs is 1. The minimum atomic E-state index is -1.33. The Hall–Kier alpha value is -3.20. The number of hydrogen-bond acceptors (Lipinski definition) is 8. The minimum Gasteiger partial charge on any atom is -0.548 e. The molecule has 3 rings (SSSR count). The van der Waals surface area contributed by atoms with E-state index in [-0.39, 0.29) is 18.5 Å². The highest BCUT2D eigenvalue weighted by molar-refractivity contribution is 7.09. The zero-order chi connectivity index (χ0) is 21.0. The number of rotatable bonds is 8. The number of aryl methyl sites for hydroxylation is 1. The minimum absolute atomic E-state index is 0.211. The standard InChI is InChI=1S/C20H20N2O6S/c1-3-4-15(20(25)26)22-18(23)9-27-12-5-6-13-17(7-12)28-8-14(19(13)24)16-10-29-11(2)21-16/h5-8,10,15H,3-4,9H2,1-2H3,(H,22,23)(H,25,26)/p-1/t15-/m0/s1. The quantitative estimate of drug-likeness (QED) is 0.593. The number of carboxylic acids is 1. The molecular formula is C20H19N2O6S-. The highest BCUT2D eigenvalue weighted by Gasteiger charge is 2.15. The highest BCUT2D eigenvalue weighted by Crippen LogP contribution is 2.24. The van der Waals surface area contributed by atoms with Crippen LogP contribution in [0.2, 0.25) is 0 Å². The van der Waals surface area contributed by atoms with E-state index in [9.17, 15) is 19.5 Å². The van der Waals surface area contributed by atoms with Gasteiger partial charge in [0.1, 0.15) is 17.6 Å². The van der Waals surface area contributed by atoms with Gasteiger partial charge in [-0.15, -0.1) is 11.3 Å². The van der Waals surface area contributed by atoms with Crippen LogP contribution in [0.25, 0.3) is 22.2 Å². The first-order chi connectivity index (χ1) is 13.9. The zero-order valence-corrected chi connectivity index (χ0v) is 16.7. The largest absolute Gasteiger partial charge is 0.548 e. The normalized spacial score (nSPS) is 11.9. The van der Waals surface area contributed by atoms with Crippen LogP contribution in [0.15, 0.2) is 39.1 Å². The molecule has 1 N–H and O–H groups in total. The van der Waals surface area contributed by atoms with Crippen LogP contribution in [0.5, 0.6) is 5.75 Å². The number of carboxylic acid groups (broad SMARTS) is 1. The van der Waals surface area contributed by atoms with E-state index in [0.717, 1.165) is 5.01 Å². The van der Waals surface area contributed by atoms with Gasteiger partial charge in [-0.05, 0) is 25.5 Å². The second-order valence-electron chi connectivity index (χ2n) is 6.40. The van der Waals surface area contributed by atoms with Gasteiger partial charge >= 0.3 is 0 Å². The van der Waals surface area contributed by atoms with Crippen LogP contribution in [-0.2, 0) is 9.59 Å². The number of thiazole rings is 1. The molecule has 2 heterocycles. The van der Waals surface area contributed by atoms with Crippen molar-refractivity contribution < 1.29 is 23.8 Å². The van der Waals surface area contributed by atoms with Crippen LogP contribution in [0.4, 0.5) is 0 Å². The molecule has 152 valence electrons. The molecule has 0 aliphatic heterocycles. The molecule has 9 heteroatoms. The van der Waals surface area contributed by atoms with E-state index in [1.807, 2.05) is 13.8 Å². The van der Waals surface area contributed by atoms with Gasteiger partial charge in [-0.2, -0.15) is 0 Å². The van der Waals surface area contributed by atoms with Gasteiger partial charge in [-0.3, -0.25) is 9.59 Å². The Kier molecular flexibility index (Phi) is 6.28. The first-order valence-electron chi connectivity index (χ1n) is 9.00. The molecule has 0 bridgehead atoms. The molecule has 3 aromatic rings. The molecule has 1 aromatic carbocycles. The maximum absolute atomic E-state index is 12.7. The number of aliphatic carboxylic acids is 1. The van der Waals surface area contributed by atoms with E-state index in [1.165, 1.54) is 23.7 Å². The summed E-state index contributed by atoms with van der Waals surface area (Å²) in [6.45, 7) is 3.29. The topological polar surface area (TPSA) is 122 Å². The summed E-state index contributed by atoms with van der Waals surface area (Å²) in [6.07, 6.45) is 2.22. The fourth-order valence-corrected chi connectivity index (χ4v) is 3.40. The van der Waals surface area contributed by atoms with E-state index in [0.29, 0.717) is 34.4 Å². The third-order valence-corrected chi connectivity index (χ3v) is 4.98. The summed E-state index contributed by atoms with van der Waals surface area (Å²) < 4.78 is 11.0. The van der Waals surface area contributed by atoms with E-state index in [2.05, 4.69) is 10.3 Å².